The van der Waals surface area contributed by atoms with E-state index in [2.05, 4.69) is 10.6 Å². The van der Waals surface area contributed by atoms with Gasteiger partial charge < -0.3 is 10.1 Å². The highest BCUT2D eigenvalue weighted by Crippen LogP contribution is 2.23. The molecule has 0 spiro atoms. The summed E-state index contributed by atoms with van der Waals surface area (Å²) in [4.78, 5) is 11.7. The second kappa shape index (κ2) is 6.54. The van der Waals surface area contributed by atoms with E-state index in [9.17, 15) is 13.6 Å². The zero-order valence-corrected chi connectivity index (χ0v) is 12.0. The van der Waals surface area contributed by atoms with Crippen molar-refractivity contribution in [3.8, 4) is 0 Å². The molecule has 0 fully saturated rings. The van der Waals surface area contributed by atoms with Crippen LogP contribution in [0.4, 0.5) is 25.0 Å². The molecule has 0 radical (unpaired) electrons. The fraction of sp³-hybridized carbons (Fsp3) is 0.500. The number of para-hydroxylation sites is 2. The Hall–Kier alpha value is -1.85. The zero-order chi connectivity index (χ0) is 15.3. The number of amides is 1. The fourth-order valence-electron chi connectivity index (χ4n) is 1.44. The monoisotopic (exact) mass is 286 g/mol. The topological polar surface area (TPSA) is 50.4 Å². The van der Waals surface area contributed by atoms with Crippen LogP contribution >= 0.6 is 0 Å². The summed E-state index contributed by atoms with van der Waals surface area (Å²) in [5.41, 5.74) is 0.198. The second-order valence-corrected chi connectivity index (χ2v) is 5.44. The van der Waals surface area contributed by atoms with Crippen LogP contribution in [0.1, 0.15) is 27.7 Å². The lowest BCUT2D eigenvalue weighted by Crippen LogP contribution is -2.28. The number of hydrogen-bond donors (Lipinski definition) is 2. The Morgan fingerprint density at radius 3 is 2.25 bits per heavy atom. The summed E-state index contributed by atoms with van der Waals surface area (Å²) in [5, 5.41) is 5.20. The summed E-state index contributed by atoms with van der Waals surface area (Å²) in [6.45, 7) is 6.61. The number of alkyl halides is 2. The maximum absolute atomic E-state index is 12.6. The minimum Gasteiger partial charge on any atom is -0.444 e. The first-order chi connectivity index (χ1) is 9.19. The molecule has 0 saturated carbocycles. The van der Waals surface area contributed by atoms with E-state index >= 15 is 0 Å². The second-order valence-electron chi connectivity index (χ2n) is 5.44. The number of benzene rings is 1. The van der Waals surface area contributed by atoms with Crippen LogP contribution in [0.5, 0.6) is 0 Å². The van der Waals surface area contributed by atoms with E-state index in [0.717, 1.165) is 0 Å². The van der Waals surface area contributed by atoms with E-state index in [1.165, 1.54) is 6.92 Å². The van der Waals surface area contributed by atoms with Crippen molar-refractivity contribution < 1.29 is 18.3 Å². The highest BCUT2D eigenvalue weighted by atomic mass is 19.3. The van der Waals surface area contributed by atoms with Crippen LogP contribution < -0.4 is 10.6 Å². The van der Waals surface area contributed by atoms with E-state index in [1.807, 2.05) is 0 Å². The van der Waals surface area contributed by atoms with E-state index < -0.39 is 24.2 Å². The van der Waals surface area contributed by atoms with Crippen molar-refractivity contribution >= 4 is 17.5 Å². The average molecular weight is 286 g/mol. The van der Waals surface area contributed by atoms with Gasteiger partial charge in [-0.2, -0.15) is 0 Å². The molecule has 0 aliphatic rings. The Morgan fingerprint density at radius 1 is 1.20 bits per heavy atom. The molecule has 1 unspecified atom stereocenters. The molecule has 4 nitrogen and oxygen atoms in total. The van der Waals surface area contributed by atoms with Gasteiger partial charge in [0.15, 0.2) is 0 Å². The standard InChI is InChI=1S/C14H20F2N2O2/c1-9(12(15)16)17-10-7-5-6-8-11(10)18-13(19)20-14(2,3)4/h5-9,12,17H,1-4H3,(H,18,19). The van der Waals surface area contributed by atoms with Gasteiger partial charge >= 0.3 is 6.09 Å². The molecule has 1 aromatic carbocycles. The third-order valence-electron chi connectivity index (χ3n) is 2.32. The number of anilines is 2. The largest absolute Gasteiger partial charge is 0.444 e. The van der Waals surface area contributed by atoms with Crippen molar-refractivity contribution in [1.29, 1.82) is 0 Å². The molecule has 6 heteroatoms. The van der Waals surface area contributed by atoms with Gasteiger partial charge in [-0.25, -0.2) is 13.6 Å². The van der Waals surface area contributed by atoms with Crippen LogP contribution in [0.15, 0.2) is 24.3 Å². The normalized spacial score (nSPS) is 12.9. The zero-order valence-electron chi connectivity index (χ0n) is 12.0. The van der Waals surface area contributed by atoms with E-state index in [-0.39, 0.29) is 0 Å². The van der Waals surface area contributed by atoms with Gasteiger partial charge in [0.25, 0.3) is 6.43 Å². The van der Waals surface area contributed by atoms with Crippen molar-refractivity contribution in [2.75, 3.05) is 10.6 Å². The molecule has 0 aliphatic heterocycles. The van der Waals surface area contributed by atoms with Gasteiger partial charge in [0.2, 0.25) is 0 Å². The molecular formula is C14H20F2N2O2. The minimum atomic E-state index is -2.50. The number of carbonyl (C=O) groups is 1. The number of hydrogen-bond acceptors (Lipinski definition) is 3. The SMILES string of the molecule is CC(Nc1ccccc1NC(=O)OC(C)(C)C)C(F)F. The molecule has 1 rings (SSSR count). The Kier molecular flexibility index (Phi) is 5.30. The van der Waals surface area contributed by atoms with Crippen molar-refractivity contribution in [1.82, 2.24) is 0 Å². The quantitative estimate of drug-likeness (QED) is 0.876. The van der Waals surface area contributed by atoms with E-state index in [0.29, 0.717) is 11.4 Å². The summed E-state index contributed by atoms with van der Waals surface area (Å²) in [6.07, 6.45) is -3.12. The Labute approximate surface area is 117 Å². The molecule has 112 valence electrons. The van der Waals surface area contributed by atoms with E-state index in [1.54, 1.807) is 45.0 Å². The van der Waals surface area contributed by atoms with Crippen LogP contribution in [0.2, 0.25) is 0 Å². The van der Waals surface area contributed by atoms with Crippen LogP contribution in [-0.4, -0.2) is 24.2 Å². The molecule has 1 atom stereocenters. The maximum Gasteiger partial charge on any atom is 0.412 e. The Balaban J connectivity index is 2.78. The lowest BCUT2D eigenvalue weighted by Gasteiger charge is -2.21. The lowest BCUT2D eigenvalue weighted by atomic mass is 10.2. The summed E-state index contributed by atoms with van der Waals surface area (Å²) >= 11 is 0. The predicted molar refractivity (Wildman–Crippen MR) is 75.4 cm³/mol. The minimum absolute atomic E-state index is 0.397. The van der Waals surface area contributed by atoms with Gasteiger partial charge in [-0.05, 0) is 39.8 Å². The summed E-state index contributed by atoms with van der Waals surface area (Å²) in [6, 6.07) is 5.61. The smallest absolute Gasteiger partial charge is 0.412 e. The van der Waals surface area contributed by atoms with Crippen LogP contribution in [0.3, 0.4) is 0 Å². The van der Waals surface area contributed by atoms with Gasteiger partial charge in [-0.3, -0.25) is 5.32 Å². The number of carbonyl (C=O) groups excluding carboxylic acids is 1. The van der Waals surface area contributed by atoms with Crippen molar-refractivity contribution in [3.63, 3.8) is 0 Å². The molecule has 0 bridgehead atoms. The molecular weight excluding hydrogens is 266 g/mol. The number of halogens is 2. The molecule has 0 aromatic heterocycles. The van der Waals surface area contributed by atoms with Gasteiger partial charge in [-0.15, -0.1) is 0 Å². The molecule has 0 aliphatic carbocycles. The molecule has 2 N–H and O–H groups in total. The number of rotatable bonds is 4. The first kappa shape index (κ1) is 16.2. The third kappa shape index (κ3) is 5.42. The van der Waals surface area contributed by atoms with Crippen molar-refractivity contribution in [2.45, 2.75) is 45.8 Å². The summed E-state index contributed by atoms with van der Waals surface area (Å²) in [7, 11) is 0. The van der Waals surface area contributed by atoms with Gasteiger partial charge in [0.05, 0.1) is 17.4 Å². The number of ether oxygens (including phenoxy) is 1. The Morgan fingerprint density at radius 2 is 1.75 bits per heavy atom. The number of nitrogens with one attached hydrogen (secondary N) is 2. The average Bonchev–Trinajstić information content (AvgIpc) is 2.28. The lowest BCUT2D eigenvalue weighted by molar-refractivity contribution is 0.0636. The molecule has 0 saturated heterocycles. The highest BCUT2D eigenvalue weighted by molar-refractivity contribution is 5.89. The maximum atomic E-state index is 12.6. The van der Waals surface area contributed by atoms with Gasteiger partial charge in [-0.1, -0.05) is 12.1 Å². The van der Waals surface area contributed by atoms with Crippen LogP contribution in [-0.2, 0) is 4.74 Å². The van der Waals surface area contributed by atoms with Gasteiger partial charge in [0.1, 0.15) is 5.60 Å². The van der Waals surface area contributed by atoms with Gasteiger partial charge in [0, 0.05) is 0 Å². The predicted octanol–water partition coefficient (Wildman–Crippen LogP) is 4.10. The summed E-state index contributed by atoms with van der Waals surface area (Å²) in [5.74, 6) is 0. The van der Waals surface area contributed by atoms with Crippen LogP contribution in [0, 0.1) is 0 Å². The van der Waals surface area contributed by atoms with E-state index in [4.69, 9.17) is 4.74 Å². The Bertz CT molecular complexity index is 459. The molecule has 20 heavy (non-hydrogen) atoms. The molecule has 1 aromatic rings. The third-order valence-corrected chi connectivity index (χ3v) is 2.32. The molecule has 0 heterocycles. The van der Waals surface area contributed by atoms with Crippen molar-refractivity contribution in [3.05, 3.63) is 24.3 Å². The molecule has 1 amide bonds. The summed E-state index contributed by atoms with van der Waals surface area (Å²) < 4.78 is 30.2. The fourth-order valence-corrected chi connectivity index (χ4v) is 1.44. The van der Waals surface area contributed by atoms with Crippen molar-refractivity contribution in [2.24, 2.45) is 0 Å². The first-order valence-electron chi connectivity index (χ1n) is 6.33. The highest BCUT2D eigenvalue weighted by Gasteiger charge is 2.19. The van der Waals surface area contributed by atoms with Crippen LogP contribution in [0.25, 0.3) is 0 Å². The first-order valence-corrected chi connectivity index (χ1v) is 6.33.